The number of nitrogen functional groups attached to an aromatic ring is 3. The van der Waals surface area contributed by atoms with Crippen LogP contribution in [0.5, 0.6) is 0 Å². The Kier molecular flexibility index (Phi) is 29.4. The molecule has 112 heavy (non-hydrogen) atoms. The number of carbonyl (C=O) groups excluding carboxylic acids is 1. The van der Waals surface area contributed by atoms with Crippen molar-refractivity contribution in [1.82, 2.24) is 57.7 Å². The van der Waals surface area contributed by atoms with E-state index in [4.69, 9.17) is 139 Å². The Balaban J connectivity index is 0.816. The number of H-pyrrole nitrogens is 3. The third-order valence-electron chi connectivity index (χ3n) is 18.3. The van der Waals surface area contributed by atoms with Crippen molar-refractivity contribution in [2.24, 2.45) is 17.8 Å². The van der Waals surface area contributed by atoms with E-state index in [1.54, 1.807) is 0 Å². The molecular formula is C60H81BrN15O28P4S4-3. The van der Waals surface area contributed by atoms with Crippen LogP contribution in [0.1, 0.15) is 109 Å². The summed E-state index contributed by atoms with van der Waals surface area (Å²) in [6.45, 7) is -12.6. The highest BCUT2D eigenvalue weighted by molar-refractivity contribution is 9.10. The molecule has 43 nitrogen and oxygen atoms in total. The van der Waals surface area contributed by atoms with E-state index in [0.717, 1.165) is 19.9 Å². The zero-order valence-electron chi connectivity index (χ0n) is 60.2. The molecule has 6 aromatic heterocycles. The summed E-state index contributed by atoms with van der Waals surface area (Å²) in [5.74, 6) is -1.09. The highest BCUT2D eigenvalue weighted by Gasteiger charge is 2.49. The highest BCUT2D eigenvalue weighted by atomic mass is 79.9. The van der Waals surface area contributed by atoms with Gasteiger partial charge in [-0.15, -0.1) is 0 Å². The van der Waals surface area contributed by atoms with E-state index in [1.165, 1.54) is 53.1 Å². The smallest absolute Gasteiger partial charge is 0.351 e. The number of Topliss-reactive ketones (excluding diaryl/α,β-unsaturated/α-hetero) is 1. The van der Waals surface area contributed by atoms with Crippen LogP contribution in [0.2, 0.25) is 0 Å². The summed E-state index contributed by atoms with van der Waals surface area (Å²) in [6.07, 6.45) is -12.0. The molecule has 5 fully saturated rings. The third kappa shape index (κ3) is 22.3. The number of nitrogens with two attached hydrogens (primary N) is 3. The van der Waals surface area contributed by atoms with E-state index >= 15 is 0 Å². The van der Waals surface area contributed by atoms with Crippen LogP contribution in [0.25, 0.3) is 11.2 Å². The van der Waals surface area contributed by atoms with Crippen molar-refractivity contribution in [3.8, 4) is 0 Å². The Morgan fingerprint density at radius 1 is 0.625 bits per heavy atom. The minimum absolute atomic E-state index is 0.0209. The molecule has 5 saturated heterocycles. The third-order valence-corrected chi connectivity index (χ3v) is 25.9. The molecule has 11 rings (SSSR count). The second-order valence-electron chi connectivity index (χ2n) is 26.9. The summed E-state index contributed by atoms with van der Waals surface area (Å²) in [6, 6.07) is 2.71. The molecule has 0 amide bonds. The largest absolute Gasteiger partial charge is 0.780 e. The van der Waals surface area contributed by atoms with Gasteiger partial charge in [0.2, 0.25) is 5.95 Å². The number of ether oxygens (including phenoxy) is 7. The molecule has 5 aliphatic heterocycles. The first-order valence-corrected chi connectivity index (χ1v) is 45.8. The fourth-order valence-electron chi connectivity index (χ4n) is 12.6. The second kappa shape index (κ2) is 37.6. The van der Waals surface area contributed by atoms with Gasteiger partial charge in [-0.3, -0.25) is 66.1 Å². The number of rotatable bonds is 38. The van der Waals surface area contributed by atoms with Gasteiger partial charge in [0.25, 0.3) is 16.7 Å². The number of hydrogen-bond acceptors (Lipinski definition) is 39. The van der Waals surface area contributed by atoms with Gasteiger partial charge in [-0.05, 0) is 59.1 Å². The minimum atomic E-state index is -4.91. The van der Waals surface area contributed by atoms with E-state index in [9.17, 15) is 57.8 Å². The number of aliphatic hydroxyl groups is 1. The number of imidazole rings is 1. The molecule has 0 aromatic carbocycles. The molecule has 0 bridgehead atoms. The Labute approximate surface area is 663 Å². The maximum atomic E-state index is 14.9. The Morgan fingerprint density at radius 3 is 1.68 bits per heavy atom. The summed E-state index contributed by atoms with van der Waals surface area (Å²) in [7, 11) is 0. The summed E-state index contributed by atoms with van der Waals surface area (Å²) in [5, 5.41) is 10.2. The van der Waals surface area contributed by atoms with Crippen molar-refractivity contribution in [3.05, 3.63) is 126 Å². The summed E-state index contributed by atoms with van der Waals surface area (Å²) in [5.41, 5.74) is 11.9. The standard InChI is InChI=1S/C60H84BrN15O28P4S4/c1-29(2)32-17-45(72-10-8-43(62)66-57(72)82)99-55(32)104-108(112,91-16-15-90-14-13-89-12-6-7-34(78)30(3)4)103-38-21-47(74-22-31(5)52(79)70-59(74)84)97-42(38)27-94-107(88,111)102-37-20-49(76-28-65-50-51(76)68-56(64)69-54(50)81)98-41(37)26-93-106(87,110)101-36-19-46(73-11-9-44(63)67-58(73)83)96-40(36)25-92-105(86,109)100-35-18-48(95-39(35)24-77)75-23-33(61)53(80)71-60(75)85/h8-11,22-23,28-30,32,35-42,45-49,55,77H,6-7,12-21,24-27H2,1-5H3,(H,86,109)(H,87,110)(H,88,111)(H2,62,66,82)(H2,63,67,83)(H,70,79,84)(H,71,80,85)(H3,64,68,69,81)/p-3/t32?,35?,36?,37?,38?,39-,40-,41-,42-,45-,46-,47-,48-,49-,55-,105?,106?,107?,108?/m1/s1. The molecule has 618 valence electrons. The first kappa shape index (κ1) is 87.6. The van der Waals surface area contributed by atoms with Crippen LogP contribution < -0.4 is 66.4 Å². The van der Waals surface area contributed by atoms with Gasteiger partial charge in [-0.1, -0.05) is 51.3 Å². The van der Waals surface area contributed by atoms with Gasteiger partial charge >= 0.3 is 29.5 Å². The average molecular weight is 1790 g/mol. The lowest BCUT2D eigenvalue weighted by molar-refractivity contribution is -0.216. The highest BCUT2D eigenvalue weighted by Crippen LogP contribution is 2.58. The number of fused-ring (bicyclic) bond motifs is 1. The van der Waals surface area contributed by atoms with E-state index in [1.807, 2.05) is 27.7 Å². The predicted octanol–water partition coefficient (Wildman–Crippen LogP) is 0.922. The Bertz CT molecular complexity index is 5020. The van der Waals surface area contributed by atoms with Gasteiger partial charge < -0.3 is 114 Å². The summed E-state index contributed by atoms with van der Waals surface area (Å²) >= 11 is 25.6. The molecule has 0 radical (unpaired) electrons. The number of aromatic amines is 3. The van der Waals surface area contributed by atoms with E-state index in [2.05, 4.69) is 50.8 Å². The van der Waals surface area contributed by atoms with Crippen molar-refractivity contribution >= 4 is 125 Å². The molecule has 9 unspecified atom stereocenters. The number of aryl methyl sites for hydroxylation is 1. The number of halogens is 1. The van der Waals surface area contributed by atoms with Crippen molar-refractivity contribution < 1.29 is 98.1 Å². The zero-order chi connectivity index (χ0) is 80.9. The second-order valence-corrected chi connectivity index (χ2v) is 38.8. The van der Waals surface area contributed by atoms with Gasteiger partial charge in [0, 0.05) is 87.3 Å². The number of nitrogens with zero attached hydrogens (tertiary/aromatic N) is 9. The fraction of sp³-hybridized carbons (Fsp3) is 0.633. The quantitative estimate of drug-likeness (QED) is 0.0161. The molecule has 10 N–H and O–H groups in total. The van der Waals surface area contributed by atoms with Crippen LogP contribution in [0, 0.1) is 24.7 Å². The van der Waals surface area contributed by atoms with Crippen molar-refractivity contribution in [2.45, 2.75) is 166 Å². The molecular weight excluding hydrogens is 1710 g/mol. The van der Waals surface area contributed by atoms with Crippen molar-refractivity contribution in [2.75, 3.05) is 76.7 Å². The first-order chi connectivity index (χ1) is 52.9. The van der Waals surface area contributed by atoms with Crippen molar-refractivity contribution in [3.63, 3.8) is 0 Å². The lowest BCUT2D eigenvalue weighted by atomic mass is 9.93. The summed E-state index contributed by atoms with van der Waals surface area (Å²) < 4.78 is 118. The summed E-state index contributed by atoms with van der Waals surface area (Å²) in [4.78, 5) is 154. The maximum absolute atomic E-state index is 14.9. The first-order valence-electron chi connectivity index (χ1n) is 34.8. The number of anilines is 3. The van der Waals surface area contributed by atoms with E-state index < -0.39 is 185 Å². The molecule has 52 heteroatoms. The molecule has 0 spiro atoms. The van der Waals surface area contributed by atoms with Crippen molar-refractivity contribution in [1.29, 1.82) is 0 Å². The number of nitrogens with one attached hydrogen (secondary N) is 3. The van der Waals surface area contributed by atoms with Gasteiger partial charge in [0.15, 0.2) is 24.3 Å². The fourth-order valence-corrected chi connectivity index (χ4v) is 19.6. The Hall–Kier alpha value is -5.21. The molecule has 6 aromatic rings. The SMILES string of the molecule is Cc1cn([C@H]2CC(OP(=S)(OCCOCCOCCCC(=O)C(C)C)O[C@H]3O[C@@H](n4ccc(N)nc4=O)CC3C(C)C)[C@@H](COP([O-])(=S)OC3C[C@H](n4cnc5c(=O)[nH]c(N)nc54)O[C@@H]3COP(=O)([S-])OC3C[C@H](n4ccc(N)nc4=O)O[C@@H]3COP([O-])(=S)OC3C[C@H](n4cc(Br)c(=O)[nH]c4=O)O[C@@H]3CO)O2)c(=O)[nH]c1=O. The lowest BCUT2D eigenvalue weighted by Gasteiger charge is -2.35. The van der Waals surface area contributed by atoms with E-state index in [-0.39, 0.29) is 115 Å². The number of carbonyl (C=O) groups is 1. The number of aromatic nitrogens is 12. The minimum Gasteiger partial charge on any atom is -0.780 e. The van der Waals surface area contributed by atoms with Gasteiger partial charge in [-0.2, -0.15) is 15.0 Å². The lowest BCUT2D eigenvalue weighted by Crippen LogP contribution is -2.34. The molecule has 0 aliphatic carbocycles. The van der Waals surface area contributed by atoms with Crippen LogP contribution in [0.15, 0.2) is 81.3 Å². The molecule has 19 atom stereocenters. The van der Waals surface area contributed by atoms with Gasteiger partial charge in [0.1, 0.15) is 86.4 Å². The van der Waals surface area contributed by atoms with Gasteiger partial charge in [0.05, 0.1) is 88.1 Å². The number of aliphatic hydroxyl groups excluding tert-OH is 1. The monoisotopic (exact) mass is 1790 g/mol. The van der Waals surface area contributed by atoms with Gasteiger partial charge in [-0.25, -0.2) is 24.2 Å². The molecule has 11 heterocycles. The van der Waals surface area contributed by atoms with Crippen LogP contribution >= 0.6 is 42.9 Å². The molecule has 5 aliphatic rings. The van der Waals surface area contributed by atoms with Crippen LogP contribution in [0.3, 0.4) is 0 Å². The number of hydrogen-bond donors (Lipinski definition) is 7. The Morgan fingerprint density at radius 2 is 1.12 bits per heavy atom. The zero-order valence-corrected chi connectivity index (χ0v) is 68.6. The topological polar surface area (TPSA) is 569 Å². The maximum Gasteiger partial charge on any atom is 0.351 e. The van der Waals surface area contributed by atoms with Crippen LogP contribution in [-0.4, -0.2) is 183 Å². The number of ketones is 1. The van der Waals surface area contributed by atoms with Crippen LogP contribution in [0.4, 0.5) is 17.6 Å². The van der Waals surface area contributed by atoms with Crippen LogP contribution in [-0.2, 0) is 131 Å². The molecule has 0 saturated carbocycles. The normalized spacial score (nSPS) is 27.6. The van der Waals surface area contributed by atoms with E-state index in [0.29, 0.717) is 19.4 Å². The predicted molar refractivity (Wildman–Crippen MR) is 404 cm³/mol. The average Bonchev–Trinajstić information content (AvgIpc) is 1.65.